The van der Waals surface area contributed by atoms with E-state index in [1.807, 2.05) is 23.8 Å². The summed E-state index contributed by atoms with van der Waals surface area (Å²) in [5.41, 5.74) is 1.13. The molecule has 2 heterocycles. The number of aryl methyl sites for hydroxylation is 1. The van der Waals surface area contributed by atoms with Gasteiger partial charge >= 0.3 is 5.97 Å². The molecule has 0 radical (unpaired) electrons. The van der Waals surface area contributed by atoms with Crippen LogP contribution in [0.15, 0.2) is 35.0 Å². The Morgan fingerprint density at radius 1 is 1.40 bits per heavy atom. The number of carboxylic acids is 1. The molecule has 1 aromatic carbocycles. The number of nitrogens with zero attached hydrogens (tertiary/aromatic N) is 3. The molecule has 0 aliphatic carbocycles. The van der Waals surface area contributed by atoms with Gasteiger partial charge in [-0.15, -0.1) is 0 Å². The zero-order chi connectivity index (χ0) is 14.1. The van der Waals surface area contributed by atoms with Crippen LogP contribution in [-0.2, 0) is 13.0 Å². The average Bonchev–Trinajstić information content (AvgIpc) is 3.06. The van der Waals surface area contributed by atoms with Crippen LogP contribution in [0.25, 0.3) is 10.9 Å². The van der Waals surface area contributed by atoms with E-state index in [2.05, 4.69) is 10.1 Å². The molecule has 20 heavy (non-hydrogen) atoms. The van der Waals surface area contributed by atoms with Crippen molar-refractivity contribution < 1.29 is 14.4 Å². The Kier molecular flexibility index (Phi) is 2.98. The van der Waals surface area contributed by atoms with E-state index in [1.165, 1.54) is 0 Å². The molecule has 2 aromatic heterocycles. The lowest BCUT2D eigenvalue weighted by atomic mass is 10.1. The number of aromatic carboxylic acids is 1. The summed E-state index contributed by atoms with van der Waals surface area (Å²) in [6.45, 7) is 2.39. The van der Waals surface area contributed by atoms with Gasteiger partial charge in [-0.25, -0.2) is 4.79 Å². The molecule has 0 aliphatic heterocycles. The molecule has 0 aliphatic rings. The fraction of sp³-hybridized carbons (Fsp3) is 0.214. The Morgan fingerprint density at radius 3 is 2.95 bits per heavy atom. The molecule has 6 nitrogen and oxygen atoms in total. The van der Waals surface area contributed by atoms with Crippen LogP contribution in [0.5, 0.6) is 0 Å². The van der Waals surface area contributed by atoms with Gasteiger partial charge in [0.1, 0.15) is 6.54 Å². The third-order valence-electron chi connectivity index (χ3n) is 3.18. The van der Waals surface area contributed by atoms with Crippen LogP contribution in [0.1, 0.15) is 29.0 Å². The summed E-state index contributed by atoms with van der Waals surface area (Å²) in [5, 5.41) is 13.7. The number of fused-ring (bicyclic) bond motifs is 1. The zero-order valence-corrected chi connectivity index (χ0v) is 10.9. The van der Waals surface area contributed by atoms with E-state index >= 15 is 0 Å². The first-order chi connectivity index (χ1) is 9.69. The van der Waals surface area contributed by atoms with Crippen molar-refractivity contribution in [2.45, 2.75) is 19.9 Å². The third kappa shape index (κ3) is 2.05. The molecule has 0 saturated carbocycles. The molecule has 0 fully saturated rings. The summed E-state index contributed by atoms with van der Waals surface area (Å²) in [7, 11) is 0. The fourth-order valence-electron chi connectivity index (χ4n) is 2.19. The number of aromatic nitrogens is 3. The number of benzene rings is 1. The maximum Gasteiger partial charge on any atom is 0.336 e. The minimum atomic E-state index is -0.931. The summed E-state index contributed by atoms with van der Waals surface area (Å²) in [6.07, 6.45) is 2.55. The van der Waals surface area contributed by atoms with E-state index < -0.39 is 5.97 Å². The lowest BCUT2D eigenvalue weighted by Gasteiger charge is -2.02. The van der Waals surface area contributed by atoms with E-state index in [0.29, 0.717) is 29.2 Å². The highest BCUT2D eigenvalue weighted by molar-refractivity contribution is 6.02. The Hall–Kier alpha value is -2.63. The normalized spacial score (nSPS) is 11.1. The second kappa shape index (κ2) is 4.80. The average molecular weight is 271 g/mol. The second-order valence-electron chi connectivity index (χ2n) is 4.45. The number of hydrogen-bond acceptors (Lipinski definition) is 4. The van der Waals surface area contributed by atoms with E-state index in [1.54, 1.807) is 18.2 Å². The van der Waals surface area contributed by atoms with Crippen molar-refractivity contribution in [3.63, 3.8) is 0 Å². The van der Waals surface area contributed by atoms with E-state index in [9.17, 15) is 4.79 Å². The first-order valence-corrected chi connectivity index (χ1v) is 6.31. The molecular weight excluding hydrogens is 258 g/mol. The first kappa shape index (κ1) is 12.4. The lowest BCUT2D eigenvalue weighted by molar-refractivity contribution is 0.0699. The van der Waals surface area contributed by atoms with Crippen molar-refractivity contribution in [1.29, 1.82) is 0 Å². The highest BCUT2D eigenvalue weighted by Crippen LogP contribution is 2.21. The maximum absolute atomic E-state index is 11.2. The molecular formula is C14H13N3O3. The van der Waals surface area contributed by atoms with Gasteiger partial charge in [0.2, 0.25) is 5.89 Å². The summed E-state index contributed by atoms with van der Waals surface area (Å²) >= 11 is 0. The van der Waals surface area contributed by atoms with Gasteiger partial charge in [0, 0.05) is 23.5 Å². The highest BCUT2D eigenvalue weighted by atomic mass is 16.5. The Bertz CT molecular complexity index is 773. The summed E-state index contributed by atoms with van der Waals surface area (Å²) in [6, 6.07) is 6.99. The van der Waals surface area contributed by atoms with Gasteiger partial charge in [0.05, 0.1) is 5.56 Å². The third-order valence-corrected chi connectivity index (χ3v) is 3.18. The standard InChI is InChI=1S/C14H13N3O3/c1-2-12-15-13(20-16-12)8-17-7-6-9-10(14(18)19)4-3-5-11(9)17/h3-7H,2,8H2,1H3,(H,18,19). The monoisotopic (exact) mass is 271 g/mol. The van der Waals surface area contributed by atoms with Crippen molar-refractivity contribution in [3.8, 4) is 0 Å². The quantitative estimate of drug-likeness (QED) is 0.787. The van der Waals surface area contributed by atoms with Crippen molar-refractivity contribution >= 4 is 16.9 Å². The molecule has 0 bridgehead atoms. The van der Waals surface area contributed by atoms with Crippen LogP contribution < -0.4 is 0 Å². The van der Waals surface area contributed by atoms with Crippen molar-refractivity contribution in [1.82, 2.24) is 14.7 Å². The van der Waals surface area contributed by atoms with E-state index in [0.717, 1.165) is 11.9 Å². The highest BCUT2D eigenvalue weighted by Gasteiger charge is 2.12. The van der Waals surface area contributed by atoms with Gasteiger partial charge in [0.25, 0.3) is 0 Å². The van der Waals surface area contributed by atoms with Gasteiger partial charge < -0.3 is 14.2 Å². The molecule has 0 spiro atoms. The van der Waals surface area contributed by atoms with Crippen LogP contribution in [0, 0.1) is 0 Å². The second-order valence-corrected chi connectivity index (χ2v) is 4.45. The number of hydrogen-bond donors (Lipinski definition) is 1. The van der Waals surface area contributed by atoms with Crippen LogP contribution in [-0.4, -0.2) is 25.8 Å². The van der Waals surface area contributed by atoms with Gasteiger partial charge in [-0.1, -0.05) is 18.1 Å². The van der Waals surface area contributed by atoms with Crippen LogP contribution >= 0.6 is 0 Å². The Balaban J connectivity index is 2.00. The maximum atomic E-state index is 11.2. The van der Waals surface area contributed by atoms with Crippen LogP contribution in [0.3, 0.4) is 0 Å². The van der Waals surface area contributed by atoms with Gasteiger partial charge in [-0.2, -0.15) is 4.98 Å². The predicted molar refractivity (Wildman–Crippen MR) is 71.7 cm³/mol. The fourth-order valence-corrected chi connectivity index (χ4v) is 2.19. The number of rotatable bonds is 4. The molecule has 0 saturated heterocycles. The minimum absolute atomic E-state index is 0.293. The predicted octanol–water partition coefficient (Wildman–Crippen LogP) is 2.33. The summed E-state index contributed by atoms with van der Waals surface area (Å²) < 4.78 is 7.05. The van der Waals surface area contributed by atoms with Crippen LogP contribution in [0.4, 0.5) is 0 Å². The molecule has 6 heteroatoms. The van der Waals surface area contributed by atoms with Gasteiger partial charge in [-0.05, 0) is 18.2 Å². The largest absolute Gasteiger partial charge is 0.478 e. The zero-order valence-electron chi connectivity index (χ0n) is 10.9. The minimum Gasteiger partial charge on any atom is -0.478 e. The molecule has 0 atom stereocenters. The van der Waals surface area contributed by atoms with Crippen LogP contribution in [0.2, 0.25) is 0 Å². The van der Waals surface area contributed by atoms with E-state index in [4.69, 9.17) is 9.63 Å². The van der Waals surface area contributed by atoms with E-state index in [-0.39, 0.29) is 0 Å². The Morgan fingerprint density at radius 2 is 2.25 bits per heavy atom. The van der Waals surface area contributed by atoms with Gasteiger partial charge in [0.15, 0.2) is 5.82 Å². The molecule has 3 aromatic rings. The Labute approximate surface area is 114 Å². The molecule has 0 unspecified atom stereocenters. The topological polar surface area (TPSA) is 81.2 Å². The lowest BCUT2D eigenvalue weighted by Crippen LogP contribution is -2.00. The first-order valence-electron chi connectivity index (χ1n) is 6.31. The number of carboxylic acid groups (broad SMARTS) is 1. The van der Waals surface area contributed by atoms with Gasteiger partial charge in [-0.3, -0.25) is 0 Å². The molecule has 102 valence electrons. The SMILES string of the molecule is CCc1noc(Cn2ccc3c(C(=O)O)cccc32)n1. The molecule has 3 rings (SSSR count). The van der Waals surface area contributed by atoms with Crippen molar-refractivity contribution in [2.75, 3.05) is 0 Å². The smallest absolute Gasteiger partial charge is 0.336 e. The molecule has 1 N–H and O–H groups in total. The summed E-state index contributed by atoms with van der Waals surface area (Å²) in [5.74, 6) is 0.252. The summed E-state index contributed by atoms with van der Waals surface area (Å²) in [4.78, 5) is 15.4. The van der Waals surface area contributed by atoms with Crippen molar-refractivity contribution in [2.24, 2.45) is 0 Å². The number of carbonyl (C=O) groups is 1. The molecule has 0 amide bonds. The van der Waals surface area contributed by atoms with Crippen molar-refractivity contribution in [3.05, 3.63) is 47.7 Å².